The summed E-state index contributed by atoms with van der Waals surface area (Å²) in [4.78, 5) is 29.8. The Morgan fingerprint density at radius 1 is 0.809 bits per heavy atom. The molecule has 4 rings (SSSR count). The fourth-order valence-electron chi connectivity index (χ4n) is 5.04. The number of halogens is 1. The SMILES string of the molecule is COc1ccc(S(=O)(=O)N(CC(=O)N(Cc2cccc(Cl)c2)C(Cc2ccccc2)C(=O)NCC(C)C)c2ccccc2)cc1OC. The second kappa shape index (κ2) is 16.3. The van der Waals surface area contributed by atoms with Crippen LogP contribution in [0.2, 0.25) is 5.02 Å². The van der Waals surface area contributed by atoms with Gasteiger partial charge in [-0.2, -0.15) is 0 Å². The van der Waals surface area contributed by atoms with Gasteiger partial charge in [-0.3, -0.25) is 13.9 Å². The number of amides is 2. The fourth-order valence-corrected chi connectivity index (χ4v) is 6.68. The second-order valence-electron chi connectivity index (χ2n) is 11.4. The number of hydrogen-bond acceptors (Lipinski definition) is 6. The molecule has 0 spiro atoms. The highest BCUT2D eigenvalue weighted by atomic mass is 35.5. The molecule has 0 aliphatic rings. The molecule has 0 aromatic heterocycles. The Kier molecular flexibility index (Phi) is 12.3. The van der Waals surface area contributed by atoms with Gasteiger partial charge in [-0.05, 0) is 53.4 Å². The molecule has 0 saturated carbocycles. The zero-order valence-corrected chi connectivity index (χ0v) is 28.5. The molecule has 1 unspecified atom stereocenters. The van der Waals surface area contributed by atoms with Crippen molar-refractivity contribution >= 4 is 39.1 Å². The van der Waals surface area contributed by atoms with Gasteiger partial charge in [0.2, 0.25) is 11.8 Å². The Morgan fingerprint density at radius 2 is 1.45 bits per heavy atom. The molecule has 4 aromatic rings. The first-order chi connectivity index (χ1) is 22.5. The monoisotopic (exact) mass is 677 g/mol. The van der Waals surface area contributed by atoms with Crippen molar-refractivity contribution in [2.24, 2.45) is 5.92 Å². The molecule has 0 aliphatic carbocycles. The fraction of sp³-hybridized carbons (Fsp3) is 0.278. The normalized spacial score (nSPS) is 11.9. The lowest BCUT2D eigenvalue weighted by Gasteiger charge is -2.34. The minimum Gasteiger partial charge on any atom is -0.493 e. The maximum absolute atomic E-state index is 14.6. The summed E-state index contributed by atoms with van der Waals surface area (Å²) in [7, 11) is -1.45. The lowest BCUT2D eigenvalue weighted by atomic mass is 10.0. The Labute approximate surface area is 282 Å². The minimum atomic E-state index is -4.32. The van der Waals surface area contributed by atoms with E-state index in [-0.39, 0.29) is 41.1 Å². The Bertz CT molecular complexity index is 1750. The Morgan fingerprint density at radius 3 is 2.06 bits per heavy atom. The number of nitrogens with zero attached hydrogens (tertiary/aromatic N) is 2. The van der Waals surface area contributed by atoms with Crippen molar-refractivity contribution in [3.05, 3.63) is 119 Å². The molecule has 0 radical (unpaired) electrons. The van der Waals surface area contributed by atoms with E-state index in [1.54, 1.807) is 48.5 Å². The van der Waals surface area contributed by atoms with E-state index in [1.165, 1.54) is 37.3 Å². The molecule has 0 aliphatic heterocycles. The highest BCUT2D eigenvalue weighted by Crippen LogP contribution is 2.32. The van der Waals surface area contributed by atoms with Crippen molar-refractivity contribution in [2.75, 3.05) is 31.6 Å². The molecule has 0 fully saturated rings. The first-order valence-electron chi connectivity index (χ1n) is 15.2. The van der Waals surface area contributed by atoms with Crippen LogP contribution in [0.3, 0.4) is 0 Å². The number of rotatable bonds is 15. The van der Waals surface area contributed by atoms with Crippen LogP contribution in [0.1, 0.15) is 25.0 Å². The van der Waals surface area contributed by atoms with E-state index in [0.717, 1.165) is 9.87 Å². The zero-order valence-electron chi connectivity index (χ0n) is 26.9. The van der Waals surface area contributed by atoms with Crippen molar-refractivity contribution in [2.45, 2.75) is 37.8 Å². The molecule has 9 nitrogen and oxygen atoms in total. The molecule has 11 heteroatoms. The maximum Gasteiger partial charge on any atom is 0.264 e. The summed E-state index contributed by atoms with van der Waals surface area (Å²) in [6.45, 7) is 3.82. The van der Waals surface area contributed by atoms with Crippen LogP contribution in [0, 0.1) is 5.92 Å². The topological polar surface area (TPSA) is 105 Å². The van der Waals surface area contributed by atoms with Crippen LogP contribution in [0.4, 0.5) is 5.69 Å². The van der Waals surface area contributed by atoms with E-state index in [9.17, 15) is 18.0 Å². The van der Waals surface area contributed by atoms with Gasteiger partial charge in [-0.25, -0.2) is 8.42 Å². The highest BCUT2D eigenvalue weighted by molar-refractivity contribution is 7.92. The molecule has 4 aromatic carbocycles. The Hall–Kier alpha value is -4.54. The molecule has 0 heterocycles. The van der Waals surface area contributed by atoms with Gasteiger partial charge >= 0.3 is 0 Å². The molecule has 0 bridgehead atoms. The number of para-hydroxylation sites is 1. The van der Waals surface area contributed by atoms with Crippen LogP contribution in [0.5, 0.6) is 11.5 Å². The van der Waals surface area contributed by atoms with Crippen molar-refractivity contribution < 1.29 is 27.5 Å². The number of hydrogen-bond donors (Lipinski definition) is 1. The quantitative estimate of drug-likeness (QED) is 0.166. The van der Waals surface area contributed by atoms with Crippen molar-refractivity contribution in [3.8, 4) is 11.5 Å². The molecular weight excluding hydrogens is 638 g/mol. The van der Waals surface area contributed by atoms with E-state index in [4.69, 9.17) is 21.1 Å². The van der Waals surface area contributed by atoms with Crippen molar-refractivity contribution in [1.29, 1.82) is 0 Å². The van der Waals surface area contributed by atoms with Crippen LogP contribution in [-0.2, 0) is 32.6 Å². The van der Waals surface area contributed by atoms with E-state index in [2.05, 4.69) is 5.32 Å². The predicted octanol–water partition coefficient (Wildman–Crippen LogP) is 5.96. The molecule has 2 amide bonds. The molecule has 47 heavy (non-hydrogen) atoms. The number of nitrogens with one attached hydrogen (secondary N) is 1. The van der Waals surface area contributed by atoms with Gasteiger partial charge in [0.25, 0.3) is 10.0 Å². The van der Waals surface area contributed by atoms with E-state index in [0.29, 0.717) is 22.9 Å². The van der Waals surface area contributed by atoms with Gasteiger partial charge in [0, 0.05) is 30.6 Å². The standard InChI is InChI=1S/C36H40ClN3O6S/c1-26(2)23-38-36(42)32(21-27-12-7-5-8-13-27)39(24-28-14-11-15-29(37)20-28)35(41)25-40(30-16-9-6-10-17-30)47(43,44)31-18-19-33(45-3)34(22-31)46-4/h5-20,22,26,32H,21,23-25H2,1-4H3,(H,38,42). The predicted molar refractivity (Wildman–Crippen MR) is 184 cm³/mol. The number of ether oxygens (including phenoxy) is 2. The first kappa shape index (κ1) is 35.3. The van der Waals surface area contributed by atoms with Crippen molar-refractivity contribution in [1.82, 2.24) is 10.2 Å². The summed E-state index contributed by atoms with van der Waals surface area (Å²) < 4.78 is 40.3. The summed E-state index contributed by atoms with van der Waals surface area (Å²) >= 11 is 6.31. The van der Waals surface area contributed by atoms with Gasteiger partial charge in [0.05, 0.1) is 24.8 Å². The van der Waals surface area contributed by atoms with E-state index >= 15 is 0 Å². The van der Waals surface area contributed by atoms with Crippen LogP contribution in [-0.4, -0.2) is 58.5 Å². The third kappa shape index (κ3) is 9.27. The number of methoxy groups -OCH3 is 2. The van der Waals surface area contributed by atoms with Gasteiger partial charge in [0.15, 0.2) is 11.5 Å². The zero-order chi connectivity index (χ0) is 34.0. The second-order valence-corrected chi connectivity index (χ2v) is 13.7. The summed E-state index contributed by atoms with van der Waals surface area (Å²) in [5.74, 6) is -0.156. The largest absolute Gasteiger partial charge is 0.493 e. The van der Waals surface area contributed by atoms with Crippen LogP contribution >= 0.6 is 11.6 Å². The number of carbonyl (C=O) groups is 2. The van der Waals surface area contributed by atoms with Crippen LogP contribution in [0.15, 0.2) is 108 Å². The maximum atomic E-state index is 14.6. The lowest BCUT2D eigenvalue weighted by molar-refractivity contribution is -0.140. The lowest BCUT2D eigenvalue weighted by Crippen LogP contribution is -2.53. The van der Waals surface area contributed by atoms with Crippen molar-refractivity contribution in [3.63, 3.8) is 0 Å². The Balaban J connectivity index is 1.80. The molecule has 1 N–H and O–H groups in total. The van der Waals surface area contributed by atoms with E-state index in [1.807, 2.05) is 50.2 Å². The summed E-state index contributed by atoms with van der Waals surface area (Å²) in [5, 5.41) is 3.46. The molecule has 248 valence electrons. The molecule has 1 atom stereocenters. The third-order valence-electron chi connectivity index (χ3n) is 7.46. The average molecular weight is 678 g/mol. The molecular formula is C36H40ClN3O6S. The number of sulfonamides is 1. The summed E-state index contributed by atoms with van der Waals surface area (Å²) in [5.41, 5.74) is 1.82. The van der Waals surface area contributed by atoms with Gasteiger partial charge < -0.3 is 19.7 Å². The third-order valence-corrected chi connectivity index (χ3v) is 9.47. The summed E-state index contributed by atoms with van der Waals surface area (Å²) in [6.07, 6.45) is 0.213. The average Bonchev–Trinajstić information content (AvgIpc) is 3.07. The summed E-state index contributed by atoms with van der Waals surface area (Å²) in [6, 6.07) is 28.1. The molecule has 0 saturated heterocycles. The van der Waals surface area contributed by atoms with Gasteiger partial charge in [0.1, 0.15) is 12.6 Å². The van der Waals surface area contributed by atoms with Gasteiger partial charge in [-0.1, -0.05) is 86.1 Å². The number of benzene rings is 4. The van der Waals surface area contributed by atoms with E-state index < -0.39 is 28.5 Å². The highest BCUT2D eigenvalue weighted by Gasteiger charge is 2.35. The number of carbonyl (C=O) groups excluding carboxylic acids is 2. The number of anilines is 1. The smallest absolute Gasteiger partial charge is 0.264 e. The van der Waals surface area contributed by atoms with Gasteiger partial charge in [-0.15, -0.1) is 0 Å². The minimum absolute atomic E-state index is 0.0189. The van der Waals surface area contributed by atoms with Crippen LogP contribution in [0.25, 0.3) is 0 Å². The van der Waals surface area contributed by atoms with Crippen LogP contribution < -0.4 is 19.1 Å². The first-order valence-corrected chi connectivity index (χ1v) is 17.0.